The molecule has 21 heavy (non-hydrogen) atoms. The third kappa shape index (κ3) is 4.58. The second-order valence-electron chi connectivity index (χ2n) is 6.18. The molecular weight excluding hydrogens is 366 g/mol. The van der Waals surface area contributed by atoms with Gasteiger partial charge in [-0.25, -0.2) is 0 Å². The molecule has 0 aliphatic carbocycles. The second kappa shape index (κ2) is 7.31. The van der Waals surface area contributed by atoms with Gasteiger partial charge in [-0.2, -0.15) is 0 Å². The zero-order valence-electron chi connectivity index (χ0n) is 12.9. The minimum Gasteiger partial charge on any atom is -0.309 e. The normalized spacial score (nSPS) is 13.6. The van der Waals surface area contributed by atoms with Crippen LogP contribution in [0, 0.1) is 0 Å². The van der Waals surface area contributed by atoms with E-state index in [4.69, 9.17) is 0 Å². The van der Waals surface area contributed by atoms with E-state index in [0.29, 0.717) is 6.04 Å². The zero-order chi connectivity index (χ0) is 15.5. The smallest absolute Gasteiger partial charge is 0.0857 e. The maximum atomic E-state index is 4.39. The van der Waals surface area contributed by atoms with E-state index in [0.717, 1.165) is 29.6 Å². The summed E-state index contributed by atoms with van der Waals surface area (Å²) in [5, 5.41) is 10.2. The first kappa shape index (κ1) is 17.1. The fraction of sp³-hybridized carbons (Fsp3) is 0.600. The van der Waals surface area contributed by atoms with Crippen LogP contribution in [0.1, 0.15) is 55.6 Å². The number of hydrogen-bond acceptors (Lipinski definition) is 5. The number of nitrogens with zero attached hydrogens (tertiary/aromatic N) is 2. The highest BCUT2D eigenvalue weighted by molar-refractivity contribution is 9.10. The van der Waals surface area contributed by atoms with Crippen molar-refractivity contribution in [3.05, 3.63) is 31.4 Å². The van der Waals surface area contributed by atoms with Crippen LogP contribution >= 0.6 is 38.8 Å². The average Bonchev–Trinajstić information content (AvgIpc) is 3.02. The molecule has 116 valence electrons. The first-order valence-corrected chi connectivity index (χ1v) is 9.65. The molecule has 2 aromatic heterocycles. The van der Waals surface area contributed by atoms with Crippen LogP contribution in [0.25, 0.3) is 0 Å². The molecule has 6 heteroatoms. The summed E-state index contributed by atoms with van der Waals surface area (Å²) in [6.07, 6.45) is 2.12. The Morgan fingerprint density at radius 2 is 2.14 bits per heavy atom. The van der Waals surface area contributed by atoms with Gasteiger partial charge < -0.3 is 5.32 Å². The first-order chi connectivity index (χ1) is 9.91. The summed E-state index contributed by atoms with van der Waals surface area (Å²) in [6, 6.07) is 2.50. The Bertz CT molecular complexity index is 571. The second-order valence-corrected chi connectivity index (χ2v) is 8.88. The molecule has 1 N–H and O–H groups in total. The van der Waals surface area contributed by atoms with Gasteiger partial charge in [-0.1, -0.05) is 32.2 Å². The summed E-state index contributed by atoms with van der Waals surface area (Å²) in [4.78, 5) is 2.66. The number of halogens is 1. The van der Waals surface area contributed by atoms with Crippen molar-refractivity contribution in [1.29, 1.82) is 0 Å². The minimum atomic E-state index is 0.0323. The van der Waals surface area contributed by atoms with Crippen molar-refractivity contribution in [3.63, 3.8) is 0 Å². The lowest BCUT2D eigenvalue weighted by Crippen LogP contribution is -2.26. The fourth-order valence-electron chi connectivity index (χ4n) is 2.18. The van der Waals surface area contributed by atoms with Crippen LogP contribution in [-0.2, 0) is 11.8 Å². The van der Waals surface area contributed by atoms with E-state index < -0.39 is 0 Å². The van der Waals surface area contributed by atoms with Gasteiger partial charge in [0.15, 0.2) is 0 Å². The number of aromatic nitrogens is 2. The molecule has 0 radical (unpaired) electrons. The highest BCUT2D eigenvalue weighted by atomic mass is 79.9. The Morgan fingerprint density at radius 3 is 2.71 bits per heavy atom. The van der Waals surface area contributed by atoms with E-state index in [2.05, 4.69) is 70.0 Å². The number of nitrogens with one attached hydrogen (secondary N) is 1. The molecule has 0 saturated heterocycles. The molecule has 2 aromatic rings. The first-order valence-electron chi connectivity index (χ1n) is 7.20. The van der Waals surface area contributed by atoms with Gasteiger partial charge in [-0.3, -0.25) is 0 Å². The number of thiophene rings is 1. The van der Waals surface area contributed by atoms with Gasteiger partial charge in [0.05, 0.1) is 10.6 Å². The summed E-state index contributed by atoms with van der Waals surface area (Å²) < 4.78 is 5.37. The molecule has 3 nitrogen and oxygen atoms in total. The predicted octanol–water partition coefficient (Wildman–Crippen LogP) is 4.94. The van der Waals surface area contributed by atoms with E-state index in [1.54, 1.807) is 11.3 Å². The van der Waals surface area contributed by atoms with Crippen molar-refractivity contribution in [2.45, 2.75) is 52.0 Å². The van der Waals surface area contributed by atoms with Gasteiger partial charge in [-0.05, 0) is 46.5 Å². The molecule has 2 heterocycles. The van der Waals surface area contributed by atoms with Gasteiger partial charge in [0, 0.05) is 32.6 Å². The molecular formula is C15H22BrN3S2. The Hall–Kier alpha value is -0.300. The molecule has 0 fully saturated rings. The van der Waals surface area contributed by atoms with Crippen LogP contribution < -0.4 is 5.32 Å². The van der Waals surface area contributed by atoms with Crippen molar-refractivity contribution in [2.24, 2.45) is 0 Å². The molecule has 1 atom stereocenters. The third-order valence-electron chi connectivity index (χ3n) is 3.21. The van der Waals surface area contributed by atoms with E-state index in [1.165, 1.54) is 21.3 Å². The molecule has 0 aliphatic heterocycles. The molecule has 0 aliphatic rings. The van der Waals surface area contributed by atoms with E-state index in [-0.39, 0.29) is 5.41 Å². The lowest BCUT2D eigenvalue weighted by atomic mass is 9.89. The van der Waals surface area contributed by atoms with Crippen LogP contribution in [0.15, 0.2) is 15.9 Å². The molecule has 0 bridgehead atoms. The topological polar surface area (TPSA) is 37.8 Å². The van der Waals surface area contributed by atoms with Gasteiger partial charge in [0.1, 0.15) is 0 Å². The lowest BCUT2D eigenvalue weighted by Gasteiger charge is -2.22. The van der Waals surface area contributed by atoms with Crippen LogP contribution in [0.3, 0.4) is 0 Å². The van der Waals surface area contributed by atoms with Crippen molar-refractivity contribution >= 4 is 38.8 Å². The Morgan fingerprint density at radius 1 is 1.38 bits per heavy atom. The standard InChI is InChI=1S/C15H22BrN3S2/c1-5-6-17-12(8-11-7-10(16)9-20-11)13-14(15(2,3)4)18-19-21-13/h7,9,12,17H,5-6,8H2,1-4H3. The molecule has 0 spiro atoms. The largest absolute Gasteiger partial charge is 0.309 e. The maximum absolute atomic E-state index is 4.39. The minimum absolute atomic E-state index is 0.0323. The highest BCUT2D eigenvalue weighted by Crippen LogP contribution is 2.33. The van der Waals surface area contributed by atoms with Crippen molar-refractivity contribution in [1.82, 2.24) is 14.9 Å². The molecule has 2 rings (SSSR count). The fourth-order valence-corrected chi connectivity index (χ4v) is 4.62. The van der Waals surface area contributed by atoms with Crippen molar-refractivity contribution in [3.8, 4) is 0 Å². The van der Waals surface area contributed by atoms with Gasteiger partial charge >= 0.3 is 0 Å². The number of hydrogen-bond donors (Lipinski definition) is 1. The van der Waals surface area contributed by atoms with Crippen LogP contribution in [0.4, 0.5) is 0 Å². The zero-order valence-corrected chi connectivity index (χ0v) is 16.2. The highest BCUT2D eigenvalue weighted by Gasteiger charge is 2.27. The van der Waals surface area contributed by atoms with E-state index >= 15 is 0 Å². The average molecular weight is 388 g/mol. The summed E-state index contributed by atoms with van der Waals surface area (Å²) in [5.74, 6) is 0. The lowest BCUT2D eigenvalue weighted by molar-refractivity contribution is 0.506. The summed E-state index contributed by atoms with van der Waals surface area (Å²) in [7, 11) is 0. The summed E-state index contributed by atoms with van der Waals surface area (Å²) in [5.41, 5.74) is 1.15. The number of rotatable bonds is 6. The summed E-state index contributed by atoms with van der Waals surface area (Å²) >= 11 is 6.87. The predicted molar refractivity (Wildman–Crippen MR) is 95.4 cm³/mol. The van der Waals surface area contributed by atoms with Gasteiger partial charge in [0.25, 0.3) is 0 Å². The Kier molecular flexibility index (Phi) is 5.94. The SMILES string of the molecule is CCCNC(Cc1cc(Br)cs1)c1snnc1C(C)(C)C. The Balaban J connectivity index is 2.25. The quantitative estimate of drug-likeness (QED) is 0.762. The van der Waals surface area contributed by atoms with Crippen molar-refractivity contribution in [2.75, 3.05) is 6.54 Å². The monoisotopic (exact) mass is 387 g/mol. The van der Waals surface area contributed by atoms with Crippen LogP contribution in [-0.4, -0.2) is 16.1 Å². The van der Waals surface area contributed by atoms with Crippen molar-refractivity contribution < 1.29 is 0 Å². The van der Waals surface area contributed by atoms with Crippen LogP contribution in [0.2, 0.25) is 0 Å². The van der Waals surface area contributed by atoms with E-state index in [1.807, 2.05) is 0 Å². The Labute approximate surface area is 143 Å². The molecule has 0 aromatic carbocycles. The molecule has 0 amide bonds. The van der Waals surface area contributed by atoms with Gasteiger partial charge in [0.2, 0.25) is 0 Å². The third-order valence-corrected chi connectivity index (χ3v) is 5.77. The van der Waals surface area contributed by atoms with Gasteiger partial charge in [-0.15, -0.1) is 16.4 Å². The maximum Gasteiger partial charge on any atom is 0.0857 e. The summed E-state index contributed by atoms with van der Waals surface area (Å²) in [6.45, 7) is 9.81. The molecule has 1 unspecified atom stereocenters. The molecule has 0 saturated carbocycles. The van der Waals surface area contributed by atoms with E-state index in [9.17, 15) is 0 Å². The van der Waals surface area contributed by atoms with Crippen LogP contribution in [0.5, 0.6) is 0 Å².